The van der Waals surface area contributed by atoms with Gasteiger partial charge < -0.3 is 10.2 Å². The highest BCUT2D eigenvalue weighted by atomic mass is 15.1. The Balaban J connectivity index is 1.85. The summed E-state index contributed by atoms with van der Waals surface area (Å²) in [5, 5.41) is 3.66. The average Bonchev–Trinajstić information content (AvgIpc) is 2.88. The molecule has 2 aromatic carbocycles. The Morgan fingerprint density at radius 3 is 2.52 bits per heavy atom. The summed E-state index contributed by atoms with van der Waals surface area (Å²) in [4.78, 5) is 2.58. The molecule has 0 amide bonds. The van der Waals surface area contributed by atoms with E-state index < -0.39 is 0 Å². The second kappa shape index (κ2) is 10.0. The predicted octanol–water partition coefficient (Wildman–Crippen LogP) is 7.01. The molecular weight excluding hydrogens is 352 g/mol. The standard InChI is InChI=1S/C27H38N2/c1-6-7-23-8-10-26(11-9-23)29(15-13-20(2)3)19-24-12-14-28-27-22(5)16-21(4)17-25(27)18-24/h8-11,16-18,20,28H,6-7,12-15,19H2,1-5H3. The van der Waals surface area contributed by atoms with Crippen LogP contribution in [-0.4, -0.2) is 19.6 Å². The summed E-state index contributed by atoms with van der Waals surface area (Å²) in [6.07, 6.45) is 7.12. The highest BCUT2D eigenvalue weighted by Crippen LogP contribution is 2.29. The molecule has 0 spiro atoms. The summed E-state index contributed by atoms with van der Waals surface area (Å²) in [7, 11) is 0. The third kappa shape index (κ3) is 5.88. The fraction of sp³-hybridized carbons (Fsp3) is 0.481. The minimum absolute atomic E-state index is 0.715. The van der Waals surface area contributed by atoms with Crippen LogP contribution in [-0.2, 0) is 6.42 Å². The Hall–Kier alpha value is -2.22. The molecule has 1 aliphatic heterocycles. The van der Waals surface area contributed by atoms with Gasteiger partial charge in [-0.25, -0.2) is 0 Å². The molecule has 156 valence electrons. The minimum atomic E-state index is 0.715. The molecule has 0 aromatic heterocycles. The van der Waals surface area contributed by atoms with Gasteiger partial charge in [-0.15, -0.1) is 0 Å². The van der Waals surface area contributed by atoms with Crippen LogP contribution in [0.4, 0.5) is 11.4 Å². The van der Waals surface area contributed by atoms with Gasteiger partial charge in [0.2, 0.25) is 0 Å². The molecule has 3 rings (SSSR count). The van der Waals surface area contributed by atoms with Crippen molar-refractivity contribution in [3.8, 4) is 0 Å². The monoisotopic (exact) mass is 390 g/mol. The second-order valence-corrected chi connectivity index (χ2v) is 9.05. The number of anilines is 2. The minimum Gasteiger partial charge on any atom is -0.384 e. The van der Waals surface area contributed by atoms with Crippen molar-refractivity contribution < 1.29 is 0 Å². The Kier molecular flexibility index (Phi) is 7.41. The lowest BCUT2D eigenvalue weighted by Crippen LogP contribution is -2.28. The van der Waals surface area contributed by atoms with Crippen molar-refractivity contribution in [2.24, 2.45) is 5.92 Å². The van der Waals surface area contributed by atoms with Crippen molar-refractivity contribution in [1.29, 1.82) is 0 Å². The van der Waals surface area contributed by atoms with Crippen LogP contribution in [0, 0.1) is 19.8 Å². The van der Waals surface area contributed by atoms with E-state index in [2.05, 4.69) is 87.3 Å². The number of hydrogen-bond donors (Lipinski definition) is 1. The molecule has 0 atom stereocenters. The first-order valence-electron chi connectivity index (χ1n) is 11.3. The zero-order chi connectivity index (χ0) is 20.8. The molecule has 1 N–H and O–H groups in total. The number of aryl methyl sites for hydroxylation is 3. The topological polar surface area (TPSA) is 15.3 Å². The molecule has 0 saturated heterocycles. The van der Waals surface area contributed by atoms with Crippen LogP contribution in [0.2, 0.25) is 0 Å². The van der Waals surface area contributed by atoms with Gasteiger partial charge in [0.1, 0.15) is 0 Å². The largest absolute Gasteiger partial charge is 0.384 e. The van der Waals surface area contributed by atoms with Gasteiger partial charge in [-0.3, -0.25) is 0 Å². The molecule has 2 aromatic rings. The van der Waals surface area contributed by atoms with Gasteiger partial charge in [-0.05, 0) is 79.5 Å². The molecule has 1 heterocycles. The predicted molar refractivity (Wildman–Crippen MR) is 129 cm³/mol. The van der Waals surface area contributed by atoms with Gasteiger partial charge in [-0.2, -0.15) is 0 Å². The van der Waals surface area contributed by atoms with Crippen molar-refractivity contribution in [3.05, 3.63) is 64.2 Å². The molecule has 0 bridgehead atoms. The van der Waals surface area contributed by atoms with E-state index in [0.29, 0.717) is 5.92 Å². The van der Waals surface area contributed by atoms with Crippen molar-refractivity contribution in [3.63, 3.8) is 0 Å². The molecule has 1 aliphatic rings. The average molecular weight is 391 g/mol. The van der Waals surface area contributed by atoms with Crippen LogP contribution in [0.3, 0.4) is 0 Å². The normalized spacial score (nSPS) is 13.5. The van der Waals surface area contributed by atoms with Gasteiger partial charge in [0.25, 0.3) is 0 Å². The number of rotatable bonds is 8. The van der Waals surface area contributed by atoms with E-state index in [1.54, 1.807) is 0 Å². The smallest absolute Gasteiger partial charge is 0.0443 e. The summed E-state index contributed by atoms with van der Waals surface area (Å²) in [6, 6.07) is 13.9. The highest BCUT2D eigenvalue weighted by Gasteiger charge is 2.15. The van der Waals surface area contributed by atoms with Crippen LogP contribution < -0.4 is 10.2 Å². The van der Waals surface area contributed by atoms with E-state index >= 15 is 0 Å². The van der Waals surface area contributed by atoms with Crippen LogP contribution in [0.5, 0.6) is 0 Å². The summed E-state index contributed by atoms with van der Waals surface area (Å²) in [5.74, 6) is 0.715. The first-order valence-corrected chi connectivity index (χ1v) is 11.3. The first-order chi connectivity index (χ1) is 14.0. The number of benzene rings is 2. The lowest BCUT2D eigenvalue weighted by atomic mass is 10.0. The Morgan fingerprint density at radius 2 is 1.83 bits per heavy atom. The number of fused-ring (bicyclic) bond motifs is 1. The van der Waals surface area contributed by atoms with Crippen molar-refractivity contribution in [1.82, 2.24) is 0 Å². The van der Waals surface area contributed by atoms with Crippen molar-refractivity contribution >= 4 is 17.5 Å². The first kappa shape index (κ1) is 21.5. The SMILES string of the molecule is CCCc1ccc(N(CCC(C)C)CC2=Cc3cc(C)cc(C)c3NCC2)cc1. The summed E-state index contributed by atoms with van der Waals surface area (Å²) in [5.41, 5.74) is 9.65. The number of nitrogens with zero attached hydrogens (tertiary/aromatic N) is 1. The van der Waals surface area contributed by atoms with Gasteiger partial charge in [0, 0.05) is 31.0 Å². The van der Waals surface area contributed by atoms with E-state index in [4.69, 9.17) is 0 Å². The lowest BCUT2D eigenvalue weighted by molar-refractivity contribution is 0.577. The van der Waals surface area contributed by atoms with E-state index in [0.717, 1.165) is 26.1 Å². The maximum atomic E-state index is 3.66. The highest BCUT2D eigenvalue weighted by molar-refractivity contribution is 5.73. The third-order valence-corrected chi connectivity index (χ3v) is 5.83. The zero-order valence-corrected chi connectivity index (χ0v) is 19.0. The summed E-state index contributed by atoms with van der Waals surface area (Å²) in [6.45, 7) is 14.4. The van der Waals surface area contributed by atoms with E-state index in [1.807, 2.05) is 0 Å². The molecule has 29 heavy (non-hydrogen) atoms. The van der Waals surface area contributed by atoms with Crippen LogP contribution in [0.1, 0.15) is 62.3 Å². The quantitative estimate of drug-likeness (QED) is 0.521. The third-order valence-electron chi connectivity index (χ3n) is 5.83. The van der Waals surface area contributed by atoms with Gasteiger partial charge >= 0.3 is 0 Å². The fourth-order valence-electron chi connectivity index (χ4n) is 4.24. The lowest BCUT2D eigenvalue weighted by Gasteiger charge is -2.27. The van der Waals surface area contributed by atoms with Gasteiger partial charge in [-0.1, -0.05) is 57.0 Å². The van der Waals surface area contributed by atoms with Crippen molar-refractivity contribution in [2.45, 2.75) is 60.3 Å². The summed E-state index contributed by atoms with van der Waals surface area (Å²) >= 11 is 0. The Bertz CT molecular complexity index is 830. The molecule has 0 unspecified atom stereocenters. The number of nitrogens with one attached hydrogen (secondary N) is 1. The second-order valence-electron chi connectivity index (χ2n) is 9.05. The molecule has 0 aliphatic carbocycles. The maximum absolute atomic E-state index is 3.66. The molecule has 0 saturated carbocycles. The van der Waals surface area contributed by atoms with E-state index in [-0.39, 0.29) is 0 Å². The molecule has 2 nitrogen and oxygen atoms in total. The van der Waals surface area contributed by atoms with Crippen LogP contribution >= 0.6 is 0 Å². The van der Waals surface area contributed by atoms with E-state index in [1.165, 1.54) is 58.5 Å². The van der Waals surface area contributed by atoms with Gasteiger partial charge in [0.05, 0.1) is 0 Å². The van der Waals surface area contributed by atoms with Crippen LogP contribution in [0.25, 0.3) is 6.08 Å². The van der Waals surface area contributed by atoms with E-state index in [9.17, 15) is 0 Å². The van der Waals surface area contributed by atoms with Gasteiger partial charge in [0.15, 0.2) is 0 Å². The maximum Gasteiger partial charge on any atom is 0.0443 e. The molecule has 0 radical (unpaired) electrons. The number of hydrogen-bond acceptors (Lipinski definition) is 2. The fourth-order valence-corrected chi connectivity index (χ4v) is 4.24. The van der Waals surface area contributed by atoms with Crippen molar-refractivity contribution in [2.75, 3.05) is 29.9 Å². The summed E-state index contributed by atoms with van der Waals surface area (Å²) < 4.78 is 0. The Labute approximate surface area is 178 Å². The molecule has 0 fully saturated rings. The molecule has 2 heteroatoms. The van der Waals surface area contributed by atoms with Crippen LogP contribution in [0.15, 0.2) is 42.0 Å². The zero-order valence-electron chi connectivity index (χ0n) is 19.0. The Morgan fingerprint density at radius 1 is 1.07 bits per heavy atom. The molecular formula is C27H38N2.